The maximum Gasteiger partial charge on any atom is 0.0413 e. The minimum atomic E-state index is 0.106. The molecule has 0 radical (unpaired) electrons. The molecule has 2 rings (SSSR count). The third-order valence-corrected chi connectivity index (χ3v) is 4.39. The summed E-state index contributed by atoms with van der Waals surface area (Å²) >= 11 is 6.20. The van der Waals surface area contributed by atoms with Crippen LogP contribution in [0.1, 0.15) is 33.3 Å². The van der Waals surface area contributed by atoms with Gasteiger partial charge in [0.25, 0.3) is 0 Å². The van der Waals surface area contributed by atoms with Crippen molar-refractivity contribution in [2.75, 3.05) is 31.6 Å². The molecule has 1 unspecified atom stereocenters. The van der Waals surface area contributed by atoms with Crippen LogP contribution in [0.25, 0.3) is 0 Å². The van der Waals surface area contributed by atoms with E-state index in [0.717, 1.165) is 31.2 Å². The average molecular weight is 310 g/mol. The topological polar surface area (TPSA) is 18.5 Å². The number of hydrogen-bond acceptors (Lipinski definition) is 3. The molecule has 1 atom stereocenters. The molecule has 1 heterocycles. The summed E-state index contributed by atoms with van der Waals surface area (Å²) < 4.78 is 0. The fourth-order valence-electron chi connectivity index (χ4n) is 2.63. The lowest BCUT2D eigenvalue weighted by atomic mass is 10.1. The number of rotatable bonds is 3. The van der Waals surface area contributed by atoms with Gasteiger partial charge in [0.15, 0.2) is 0 Å². The van der Waals surface area contributed by atoms with Crippen molar-refractivity contribution in [3.05, 3.63) is 28.8 Å². The van der Waals surface area contributed by atoms with Crippen LogP contribution in [0, 0.1) is 0 Å². The van der Waals surface area contributed by atoms with Crippen molar-refractivity contribution >= 4 is 17.3 Å². The number of hydrogen-bond donors (Lipinski definition) is 1. The van der Waals surface area contributed by atoms with E-state index in [1.165, 1.54) is 11.3 Å². The summed E-state index contributed by atoms with van der Waals surface area (Å²) in [4.78, 5) is 4.90. The van der Waals surface area contributed by atoms with E-state index in [-0.39, 0.29) is 5.54 Å². The van der Waals surface area contributed by atoms with Gasteiger partial charge < -0.3 is 15.1 Å². The van der Waals surface area contributed by atoms with E-state index in [0.29, 0.717) is 6.04 Å². The van der Waals surface area contributed by atoms with Gasteiger partial charge in [-0.3, -0.25) is 0 Å². The molecule has 118 valence electrons. The van der Waals surface area contributed by atoms with Crippen LogP contribution in [0.5, 0.6) is 0 Å². The maximum absolute atomic E-state index is 6.20. The summed E-state index contributed by atoms with van der Waals surface area (Å²) in [6.45, 7) is 13.0. The minimum Gasteiger partial charge on any atom is -0.368 e. The Kier molecular flexibility index (Phi) is 5.18. The fraction of sp³-hybridized carbons (Fsp3) is 0.647. The third kappa shape index (κ3) is 4.60. The monoisotopic (exact) mass is 309 g/mol. The Labute approximate surface area is 134 Å². The Morgan fingerprint density at radius 1 is 1.29 bits per heavy atom. The average Bonchev–Trinajstić information content (AvgIpc) is 2.39. The van der Waals surface area contributed by atoms with Crippen LogP contribution in [-0.2, 0) is 6.54 Å². The molecule has 1 saturated heterocycles. The molecule has 21 heavy (non-hydrogen) atoms. The SMILES string of the molecule is CC1CN(c2ccc(Cl)cc2CNC(C)(C)C)CCN1C. The zero-order valence-electron chi connectivity index (χ0n) is 13.9. The molecule has 1 fully saturated rings. The quantitative estimate of drug-likeness (QED) is 0.923. The van der Waals surface area contributed by atoms with E-state index in [4.69, 9.17) is 11.6 Å². The van der Waals surface area contributed by atoms with Crippen molar-refractivity contribution in [3.63, 3.8) is 0 Å². The Balaban J connectivity index is 2.18. The standard InChI is InChI=1S/C17H28ClN3/c1-13-12-21(9-8-20(13)5)16-7-6-15(18)10-14(16)11-19-17(2,3)4/h6-7,10,13,19H,8-9,11-12H2,1-5H3. The van der Waals surface area contributed by atoms with Crippen LogP contribution >= 0.6 is 11.6 Å². The number of halogens is 1. The highest BCUT2D eigenvalue weighted by atomic mass is 35.5. The number of anilines is 1. The van der Waals surface area contributed by atoms with E-state index < -0.39 is 0 Å². The second kappa shape index (κ2) is 6.55. The van der Waals surface area contributed by atoms with Gasteiger partial charge in [0.1, 0.15) is 0 Å². The minimum absolute atomic E-state index is 0.106. The molecule has 0 amide bonds. The normalized spacial score (nSPS) is 20.9. The van der Waals surface area contributed by atoms with Crippen molar-refractivity contribution < 1.29 is 0 Å². The summed E-state index contributed by atoms with van der Waals surface area (Å²) in [5.41, 5.74) is 2.71. The molecule has 1 N–H and O–H groups in total. The summed E-state index contributed by atoms with van der Waals surface area (Å²) in [6, 6.07) is 6.84. The Bertz CT molecular complexity index is 481. The lowest BCUT2D eigenvalue weighted by Gasteiger charge is -2.40. The number of nitrogens with zero attached hydrogens (tertiary/aromatic N) is 2. The molecular formula is C17H28ClN3. The summed E-state index contributed by atoms with van der Waals surface area (Å²) in [5, 5.41) is 4.38. The summed E-state index contributed by atoms with van der Waals surface area (Å²) in [6.07, 6.45) is 0. The zero-order chi connectivity index (χ0) is 15.6. The van der Waals surface area contributed by atoms with Gasteiger partial charge in [-0.2, -0.15) is 0 Å². The Morgan fingerprint density at radius 3 is 2.62 bits per heavy atom. The lowest BCUT2D eigenvalue weighted by molar-refractivity contribution is 0.234. The van der Waals surface area contributed by atoms with Gasteiger partial charge in [-0.05, 0) is 58.5 Å². The molecule has 1 aliphatic rings. The molecule has 0 aliphatic carbocycles. The number of likely N-dealkylation sites (N-methyl/N-ethyl adjacent to an activating group) is 1. The van der Waals surface area contributed by atoms with Gasteiger partial charge in [0.2, 0.25) is 0 Å². The van der Waals surface area contributed by atoms with Gasteiger partial charge in [-0.15, -0.1) is 0 Å². The fourth-order valence-corrected chi connectivity index (χ4v) is 2.83. The predicted molar refractivity (Wildman–Crippen MR) is 92.3 cm³/mol. The highest BCUT2D eigenvalue weighted by Gasteiger charge is 2.22. The smallest absolute Gasteiger partial charge is 0.0413 e. The van der Waals surface area contributed by atoms with E-state index in [1.54, 1.807) is 0 Å². The van der Waals surface area contributed by atoms with Crippen LogP contribution in [0.15, 0.2) is 18.2 Å². The Morgan fingerprint density at radius 2 is 2.00 bits per heavy atom. The van der Waals surface area contributed by atoms with Crippen molar-refractivity contribution in [3.8, 4) is 0 Å². The van der Waals surface area contributed by atoms with Crippen LogP contribution in [0.2, 0.25) is 5.02 Å². The van der Waals surface area contributed by atoms with Crippen molar-refractivity contribution in [1.29, 1.82) is 0 Å². The van der Waals surface area contributed by atoms with Gasteiger partial charge in [-0.25, -0.2) is 0 Å². The molecule has 0 spiro atoms. The van der Waals surface area contributed by atoms with E-state index >= 15 is 0 Å². The van der Waals surface area contributed by atoms with Crippen LogP contribution in [0.4, 0.5) is 5.69 Å². The van der Waals surface area contributed by atoms with Crippen molar-refractivity contribution in [1.82, 2.24) is 10.2 Å². The lowest BCUT2D eigenvalue weighted by Crippen LogP contribution is -2.50. The molecule has 0 saturated carbocycles. The van der Waals surface area contributed by atoms with Crippen molar-refractivity contribution in [2.24, 2.45) is 0 Å². The number of piperazine rings is 1. The summed E-state index contributed by atoms with van der Waals surface area (Å²) in [7, 11) is 2.20. The number of benzene rings is 1. The molecule has 1 aromatic rings. The molecular weight excluding hydrogens is 282 g/mol. The van der Waals surface area contributed by atoms with Crippen LogP contribution < -0.4 is 10.2 Å². The molecule has 3 nitrogen and oxygen atoms in total. The summed E-state index contributed by atoms with van der Waals surface area (Å²) in [5.74, 6) is 0. The van der Waals surface area contributed by atoms with Gasteiger partial charge in [0, 0.05) is 48.5 Å². The molecule has 1 aliphatic heterocycles. The Hall–Kier alpha value is -0.770. The van der Waals surface area contributed by atoms with E-state index in [2.05, 4.69) is 62.0 Å². The first kappa shape index (κ1) is 16.6. The van der Waals surface area contributed by atoms with Gasteiger partial charge in [0.05, 0.1) is 0 Å². The molecule has 1 aromatic carbocycles. The first-order valence-corrected chi connectivity index (χ1v) is 8.13. The first-order chi connectivity index (χ1) is 9.76. The number of nitrogens with one attached hydrogen (secondary N) is 1. The zero-order valence-corrected chi connectivity index (χ0v) is 14.7. The van der Waals surface area contributed by atoms with Crippen LogP contribution in [0.3, 0.4) is 0 Å². The highest BCUT2D eigenvalue weighted by Crippen LogP contribution is 2.27. The molecule has 0 bridgehead atoms. The molecule has 0 aromatic heterocycles. The maximum atomic E-state index is 6.20. The van der Waals surface area contributed by atoms with E-state index in [9.17, 15) is 0 Å². The van der Waals surface area contributed by atoms with Crippen molar-refractivity contribution in [2.45, 2.75) is 45.8 Å². The third-order valence-electron chi connectivity index (χ3n) is 4.15. The van der Waals surface area contributed by atoms with Gasteiger partial charge in [-0.1, -0.05) is 11.6 Å². The highest BCUT2D eigenvalue weighted by molar-refractivity contribution is 6.30. The second-order valence-electron chi connectivity index (χ2n) is 7.15. The van der Waals surface area contributed by atoms with Gasteiger partial charge >= 0.3 is 0 Å². The van der Waals surface area contributed by atoms with E-state index in [1.807, 2.05) is 6.07 Å². The predicted octanol–water partition coefficient (Wildman–Crippen LogP) is 3.37. The molecule has 4 heteroatoms. The largest absolute Gasteiger partial charge is 0.368 e. The van der Waals surface area contributed by atoms with Crippen LogP contribution in [-0.4, -0.2) is 43.2 Å². The second-order valence-corrected chi connectivity index (χ2v) is 7.59. The first-order valence-electron chi connectivity index (χ1n) is 7.75.